The molecule has 2 heterocycles. The largest absolute Gasteiger partial charge is 0.454 e. The number of carbonyl (C=O) groups is 1. The normalized spacial score (nSPS) is 20.5. The molecule has 0 aliphatic carbocycles. The predicted molar refractivity (Wildman–Crippen MR) is 70.0 cm³/mol. The van der Waals surface area contributed by atoms with Crippen molar-refractivity contribution in [2.24, 2.45) is 5.92 Å². The SMILES string of the molecule is O=C(CC1CCNC1)NCc1ccc2c(c1)OCO2. The summed E-state index contributed by atoms with van der Waals surface area (Å²) in [7, 11) is 0. The number of nitrogens with one attached hydrogen (secondary N) is 2. The molecule has 2 N–H and O–H groups in total. The molecule has 1 unspecified atom stereocenters. The second kappa shape index (κ2) is 5.48. The monoisotopic (exact) mass is 262 g/mol. The second-order valence-electron chi connectivity index (χ2n) is 5.03. The lowest BCUT2D eigenvalue weighted by molar-refractivity contribution is -0.122. The summed E-state index contributed by atoms with van der Waals surface area (Å²) in [5.41, 5.74) is 1.03. The Balaban J connectivity index is 1.50. The van der Waals surface area contributed by atoms with Crippen molar-refractivity contribution in [3.05, 3.63) is 23.8 Å². The van der Waals surface area contributed by atoms with E-state index in [2.05, 4.69) is 10.6 Å². The van der Waals surface area contributed by atoms with Crippen LogP contribution in [0.15, 0.2) is 18.2 Å². The van der Waals surface area contributed by atoms with Crippen LogP contribution in [0.1, 0.15) is 18.4 Å². The van der Waals surface area contributed by atoms with Gasteiger partial charge in [-0.05, 0) is 43.1 Å². The molecule has 0 bridgehead atoms. The number of hydrogen-bond acceptors (Lipinski definition) is 4. The molecule has 19 heavy (non-hydrogen) atoms. The first-order chi connectivity index (χ1) is 9.31. The van der Waals surface area contributed by atoms with Gasteiger partial charge in [0.1, 0.15) is 0 Å². The highest BCUT2D eigenvalue weighted by molar-refractivity contribution is 5.76. The Labute approximate surface area is 112 Å². The van der Waals surface area contributed by atoms with Crippen LogP contribution in [0, 0.1) is 5.92 Å². The lowest BCUT2D eigenvalue weighted by atomic mass is 10.0. The van der Waals surface area contributed by atoms with Gasteiger partial charge in [-0.1, -0.05) is 6.07 Å². The zero-order valence-corrected chi connectivity index (χ0v) is 10.8. The molecule has 1 saturated heterocycles. The Morgan fingerprint density at radius 2 is 2.26 bits per heavy atom. The van der Waals surface area contributed by atoms with E-state index in [0.29, 0.717) is 18.9 Å². The predicted octanol–water partition coefficient (Wildman–Crippen LogP) is 1.03. The van der Waals surface area contributed by atoms with Gasteiger partial charge in [0.15, 0.2) is 11.5 Å². The molecule has 0 radical (unpaired) electrons. The van der Waals surface area contributed by atoms with Crippen LogP contribution in [0.2, 0.25) is 0 Å². The number of amides is 1. The van der Waals surface area contributed by atoms with E-state index in [1.807, 2.05) is 18.2 Å². The first-order valence-corrected chi connectivity index (χ1v) is 6.67. The van der Waals surface area contributed by atoms with Crippen molar-refractivity contribution >= 4 is 5.91 Å². The van der Waals surface area contributed by atoms with Crippen molar-refractivity contribution in [1.29, 1.82) is 0 Å². The van der Waals surface area contributed by atoms with E-state index in [-0.39, 0.29) is 12.7 Å². The average molecular weight is 262 g/mol. The molecule has 1 aromatic carbocycles. The Bertz CT molecular complexity index is 470. The molecule has 1 fully saturated rings. The molecule has 3 rings (SSSR count). The van der Waals surface area contributed by atoms with Crippen molar-refractivity contribution < 1.29 is 14.3 Å². The van der Waals surface area contributed by atoms with Crippen molar-refractivity contribution in [1.82, 2.24) is 10.6 Å². The van der Waals surface area contributed by atoms with E-state index in [4.69, 9.17) is 9.47 Å². The molecule has 5 nitrogen and oxygen atoms in total. The Morgan fingerprint density at radius 3 is 3.11 bits per heavy atom. The van der Waals surface area contributed by atoms with Gasteiger partial charge in [0.25, 0.3) is 0 Å². The Morgan fingerprint density at radius 1 is 1.37 bits per heavy atom. The van der Waals surface area contributed by atoms with Crippen LogP contribution in [-0.2, 0) is 11.3 Å². The molecule has 1 atom stereocenters. The first-order valence-electron chi connectivity index (χ1n) is 6.67. The van der Waals surface area contributed by atoms with Crippen molar-refractivity contribution in [2.45, 2.75) is 19.4 Å². The van der Waals surface area contributed by atoms with Crippen molar-refractivity contribution in [2.75, 3.05) is 19.9 Å². The number of fused-ring (bicyclic) bond motifs is 1. The van der Waals surface area contributed by atoms with Gasteiger partial charge in [-0.15, -0.1) is 0 Å². The zero-order valence-electron chi connectivity index (χ0n) is 10.8. The van der Waals surface area contributed by atoms with E-state index in [1.165, 1.54) is 0 Å². The minimum absolute atomic E-state index is 0.117. The summed E-state index contributed by atoms with van der Waals surface area (Å²) in [6, 6.07) is 5.75. The summed E-state index contributed by atoms with van der Waals surface area (Å²) >= 11 is 0. The molecule has 5 heteroatoms. The number of benzene rings is 1. The second-order valence-corrected chi connectivity index (χ2v) is 5.03. The highest BCUT2D eigenvalue weighted by atomic mass is 16.7. The quantitative estimate of drug-likeness (QED) is 0.851. The maximum absolute atomic E-state index is 11.8. The minimum atomic E-state index is 0.117. The fraction of sp³-hybridized carbons (Fsp3) is 0.500. The molecule has 0 spiro atoms. The number of ether oxygens (including phenoxy) is 2. The average Bonchev–Trinajstić information content (AvgIpc) is 3.06. The van der Waals surface area contributed by atoms with E-state index >= 15 is 0 Å². The van der Waals surface area contributed by atoms with Gasteiger partial charge in [0, 0.05) is 13.0 Å². The molecule has 102 valence electrons. The third-order valence-corrected chi connectivity index (χ3v) is 3.56. The van der Waals surface area contributed by atoms with Crippen LogP contribution in [0.5, 0.6) is 11.5 Å². The third-order valence-electron chi connectivity index (χ3n) is 3.56. The fourth-order valence-electron chi connectivity index (χ4n) is 2.47. The summed E-state index contributed by atoms with van der Waals surface area (Å²) in [6.45, 7) is 2.80. The van der Waals surface area contributed by atoms with Gasteiger partial charge < -0.3 is 20.1 Å². The van der Waals surface area contributed by atoms with E-state index in [9.17, 15) is 4.79 Å². The minimum Gasteiger partial charge on any atom is -0.454 e. The van der Waals surface area contributed by atoms with Crippen LogP contribution < -0.4 is 20.1 Å². The summed E-state index contributed by atoms with van der Waals surface area (Å²) in [5, 5.41) is 6.22. The molecule has 2 aliphatic rings. The highest BCUT2D eigenvalue weighted by Gasteiger charge is 2.18. The highest BCUT2D eigenvalue weighted by Crippen LogP contribution is 2.32. The van der Waals surface area contributed by atoms with Crippen LogP contribution >= 0.6 is 0 Å². The lowest BCUT2D eigenvalue weighted by Crippen LogP contribution is -2.25. The van der Waals surface area contributed by atoms with Crippen LogP contribution in [0.25, 0.3) is 0 Å². The summed E-state index contributed by atoms with van der Waals surface area (Å²) in [6.07, 6.45) is 1.70. The Kier molecular flexibility index (Phi) is 3.55. The number of rotatable bonds is 4. The van der Waals surface area contributed by atoms with Crippen LogP contribution in [0.3, 0.4) is 0 Å². The maximum Gasteiger partial charge on any atom is 0.231 e. The fourth-order valence-corrected chi connectivity index (χ4v) is 2.47. The summed E-state index contributed by atoms with van der Waals surface area (Å²) < 4.78 is 10.6. The molecule has 1 amide bonds. The molecule has 0 aromatic heterocycles. The van der Waals surface area contributed by atoms with Gasteiger partial charge in [-0.2, -0.15) is 0 Å². The van der Waals surface area contributed by atoms with E-state index < -0.39 is 0 Å². The van der Waals surface area contributed by atoms with E-state index in [0.717, 1.165) is 36.6 Å². The molecule has 2 aliphatic heterocycles. The lowest BCUT2D eigenvalue weighted by Gasteiger charge is -2.09. The van der Waals surface area contributed by atoms with Crippen LogP contribution in [0.4, 0.5) is 0 Å². The van der Waals surface area contributed by atoms with Crippen molar-refractivity contribution in [3.63, 3.8) is 0 Å². The van der Waals surface area contributed by atoms with Gasteiger partial charge >= 0.3 is 0 Å². The smallest absolute Gasteiger partial charge is 0.231 e. The topological polar surface area (TPSA) is 59.6 Å². The van der Waals surface area contributed by atoms with Crippen molar-refractivity contribution in [3.8, 4) is 11.5 Å². The van der Waals surface area contributed by atoms with E-state index in [1.54, 1.807) is 0 Å². The van der Waals surface area contributed by atoms with Crippen LogP contribution in [-0.4, -0.2) is 25.8 Å². The Hall–Kier alpha value is -1.75. The number of carbonyl (C=O) groups excluding carboxylic acids is 1. The summed E-state index contributed by atoms with van der Waals surface area (Å²) in [4.78, 5) is 11.8. The summed E-state index contributed by atoms with van der Waals surface area (Å²) in [5.74, 6) is 2.13. The molecular weight excluding hydrogens is 244 g/mol. The van der Waals surface area contributed by atoms with Gasteiger partial charge in [0.2, 0.25) is 12.7 Å². The van der Waals surface area contributed by atoms with Gasteiger partial charge in [0.05, 0.1) is 0 Å². The van der Waals surface area contributed by atoms with Gasteiger partial charge in [-0.25, -0.2) is 0 Å². The first kappa shape index (κ1) is 12.3. The molecular formula is C14H18N2O3. The standard InChI is InChI=1S/C14H18N2O3/c17-14(6-11-3-4-15-7-11)16-8-10-1-2-12-13(5-10)19-9-18-12/h1-2,5,11,15H,3-4,6-9H2,(H,16,17). The zero-order chi connectivity index (χ0) is 13.1. The maximum atomic E-state index is 11.8. The third kappa shape index (κ3) is 2.98. The van der Waals surface area contributed by atoms with Gasteiger partial charge in [-0.3, -0.25) is 4.79 Å². The molecule has 0 saturated carbocycles. The molecule has 1 aromatic rings. The number of hydrogen-bond donors (Lipinski definition) is 2.